The molecule has 0 bridgehead atoms. The van der Waals surface area contributed by atoms with Crippen molar-refractivity contribution < 1.29 is 14.3 Å². The summed E-state index contributed by atoms with van der Waals surface area (Å²) in [7, 11) is 0. The van der Waals surface area contributed by atoms with E-state index in [0.717, 1.165) is 0 Å². The van der Waals surface area contributed by atoms with Gasteiger partial charge in [-0.2, -0.15) is 0 Å². The molecule has 0 radical (unpaired) electrons. The van der Waals surface area contributed by atoms with Gasteiger partial charge in [0.05, 0.1) is 0 Å². The van der Waals surface area contributed by atoms with Crippen molar-refractivity contribution in [1.82, 2.24) is 4.98 Å². The normalized spacial score (nSPS) is 10.9. The molecule has 1 aromatic heterocycles. The second kappa shape index (κ2) is 4.79. The summed E-state index contributed by atoms with van der Waals surface area (Å²) >= 11 is 15.6. The lowest BCUT2D eigenvalue weighted by Gasteiger charge is -2.08. The molecule has 1 heterocycles. The van der Waals surface area contributed by atoms with Crippen LogP contribution in [0.25, 0.3) is 0 Å². The van der Waals surface area contributed by atoms with Crippen molar-refractivity contribution in [2.24, 2.45) is 0 Å². The summed E-state index contributed by atoms with van der Waals surface area (Å²) in [4.78, 5) is 25.9. The number of carbonyl (C=O) groups is 2. The first-order valence-corrected chi connectivity index (χ1v) is 4.79. The van der Waals surface area contributed by atoms with Gasteiger partial charge in [-0.15, -0.1) is 0 Å². The van der Waals surface area contributed by atoms with E-state index in [-0.39, 0.29) is 5.69 Å². The molecule has 0 aliphatic carbocycles. The Kier molecular flexibility index (Phi) is 3.90. The van der Waals surface area contributed by atoms with Gasteiger partial charge in [-0.25, -0.2) is 14.6 Å². The van der Waals surface area contributed by atoms with Crippen LogP contribution in [0.1, 0.15) is 10.5 Å². The molecule has 0 saturated carbocycles. The molecular formula is C8H4Cl3NO3. The molecule has 15 heavy (non-hydrogen) atoms. The molecule has 0 aliphatic rings. The van der Waals surface area contributed by atoms with E-state index < -0.39 is 15.7 Å². The zero-order valence-corrected chi connectivity index (χ0v) is 9.38. The van der Waals surface area contributed by atoms with Crippen LogP contribution in [0, 0.1) is 0 Å². The lowest BCUT2D eigenvalue weighted by molar-refractivity contribution is -0.136. The number of hydrogen-bond donors (Lipinski definition) is 0. The number of ether oxygens (including phenoxy) is 1. The summed E-state index contributed by atoms with van der Waals surface area (Å²) < 4.78 is 1.99. The van der Waals surface area contributed by atoms with Gasteiger partial charge < -0.3 is 4.74 Å². The zero-order chi connectivity index (χ0) is 11.5. The van der Waals surface area contributed by atoms with Crippen LogP contribution < -0.4 is 0 Å². The van der Waals surface area contributed by atoms with Gasteiger partial charge in [-0.1, -0.05) is 40.9 Å². The molecule has 0 saturated heterocycles. The minimum absolute atomic E-state index is 0.0416. The van der Waals surface area contributed by atoms with Gasteiger partial charge in [-0.3, -0.25) is 0 Å². The first-order valence-electron chi connectivity index (χ1n) is 3.65. The van der Waals surface area contributed by atoms with Gasteiger partial charge in [0.25, 0.3) is 3.79 Å². The summed E-state index contributed by atoms with van der Waals surface area (Å²) in [6, 6.07) is 4.53. The predicted octanol–water partition coefficient (Wildman–Crippen LogP) is 2.14. The van der Waals surface area contributed by atoms with E-state index in [0.29, 0.717) is 0 Å². The molecule has 0 aromatic carbocycles. The van der Waals surface area contributed by atoms with Crippen molar-refractivity contribution in [2.45, 2.75) is 3.79 Å². The van der Waals surface area contributed by atoms with Crippen molar-refractivity contribution in [1.29, 1.82) is 0 Å². The largest absolute Gasteiger partial charge is 0.385 e. The van der Waals surface area contributed by atoms with Gasteiger partial charge in [0.2, 0.25) is 0 Å². The minimum atomic E-state index is -2.27. The van der Waals surface area contributed by atoms with Crippen LogP contribution >= 0.6 is 34.8 Å². The lowest BCUT2D eigenvalue weighted by atomic mass is 10.4. The molecular weight excluding hydrogens is 264 g/mol. The van der Waals surface area contributed by atoms with Crippen LogP contribution in [0.4, 0.5) is 0 Å². The topological polar surface area (TPSA) is 56.3 Å². The highest BCUT2D eigenvalue weighted by atomic mass is 35.6. The molecule has 0 aliphatic heterocycles. The van der Waals surface area contributed by atoms with Crippen LogP contribution in [-0.2, 0) is 9.53 Å². The standard InChI is InChI=1S/C8H4Cl3NO3/c9-8(10,11)7(14)15-6(13)5-3-1-2-4-12-5/h1-4H. The van der Waals surface area contributed by atoms with Gasteiger partial charge in [-0.05, 0) is 12.1 Å². The maximum atomic E-state index is 11.2. The average molecular weight is 268 g/mol. The maximum absolute atomic E-state index is 11.2. The molecule has 0 unspecified atom stereocenters. The Balaban J connectivity index is 2.70. The second-order valence-corrected chi connectivity index (χ2v) is 4.67. The van der Waals surface area contributed by atoms with Crippen LogP contribution in [0.3, 0.4) is 0 Å². The van der Waals surface area contributed by atoms with Gasteiger partial charge in [0.1, 0.15) is 5.69 Å². The number of rotatable bonds is 1. The molecule has 0 atom stereocenters. The number of hydrogen-bond acceptors (Lipinski definition) is 4. The number of halogens is 3. The minimum Gasteiger partial charge on any atom is -0.385 e. The van der Waals surface area contributed by atoms with Crippen LogP contribution in [0.15, 0.2) is 24.4 Å². The van der Waals surface area contributed by atoms with Crippen molar-refractivity contribution in [3.8, 4) is 0 Å². The van der Waals surface area contributed by atoms with Crippen molar-refractivity contribution in [2.75, 3.05) is 0 Å². The first-order chi connectivity index (χ1) is 6.91. The molecule has 0 N–H and O–H groups in total. The predicted molar refractivity (Wildman–Crippen MR) is 54.9 cm³/mol. The number of nitrogens with zero attached hydrogens (tertiary/aromatic N) is 1. The molecule has 0 amide bonds. The van der Waals surface area contributed by atoms with Crippen LogP contribution in [-0.4, -0.2) is 20.7 Å². The van der Waals surface area contributed by atoms with Crippen molar-refractivity contribution >= 4 is 46.7 Å². The zero-order valence-electron chi connectivity index (χ0n) is 7.12. The summed E-state index contributed by atoms with van der Waals surface area (Å²) in [5.74, 6) is -2.23. The second-order valence-electron chi connectivity index (χ2n) is 2.39. The SMILES string of the molecule is O=C(OC(=O)C(Cl)(Cl)Cl)c1ccccn1. The number of carbonyl (C=O) groups excluding carboxylic acids is 2. The van der Waals surface area contributed by atoms with E-state index >= 15 is 0 Å². The first kappa shape index (κ1) is 12.2. The molecule has 4 nitrogen and oxygen atoms in total. The lowest BCUT2D eigenvalue weighted by Crippen LogP contribution is -2.25. The van der Waals surface area contributed by atoms with Crippen molar-refractivity contribution in [3.05, 3.63) is 30.1 Å². The Morgan fingerprint density at radius 2 is 1.93 bits per heavy atom. The summed E-state index contributed by atoms with van der Waals surface area (Å²) in [6.45, 7) is 0. The van der Waals surface area contributed by atoms with Gasteiger partial charge in [0.15, 0.2) is 0 Å². The van der Waals surface area contributed by atoms with Gasteiger partial charge >= 0.3 is 11.9 Å². The average Bonchev–Trinajstić information content (AvgIpc) is 2.17. The Morgan fingerprint density at radius 3 is 2.40 bits per heavy atom. The van der Waals surface area contributed by atoms with E-state index in [2.05, 4.69) is 9.72 Å². The monoisotopic (exact) mass is 267 g/mol. The fourth-order valence-corrected chi connectivity index (χ4v) is 0.794. The highest BCUT2D eigenvalue weighted by molar-refractivity contribution is 6.75. The van der Waals surface area contributed by atoms with E-state index in [9.17, 15) is 9.59 Å². The molecule has 7 heteroatoms. The third-order valence-electron chi connectivity index (χ3n) is 1.29. The summed E-state index contributed by atoms with van der Waals surface area (Å²) in [5, 5.41) is 0. The molecule has 1 aromatic rings. The number of alkyl halides is 3. The quantitative estimate of drug-likeness (QED) is 0.445. The Hall–Kier alpha value is -0.840. The third-order valence-corrected chi connectivity index (χ3v) is 1.75. The van der Waals surface area contributed by atoms with E-state index in [1.165, 1.54) is 12.3 Å². The van der Waals surface area contributed by atoms with Crippen LogP contribution in [0.5, 0.6) is 0 Å². The van der Waals surface area contributed by atoms with Gasteiger partial charge in [0, 0.05) is 6.20 Å². The fourth-order valence-electron chi connectivity index (χ4n) is 0.678. The highest BCUT2D eigenvalue weighted by Gasteiger charge is 2.35. The Labute approximate surface area is 100 Å². The number of esters is 2. The summed E-state index contributed by atoms with van der Waals surface area (Å²) in [6.07, 6.45) is 1.37. The summed E-state index contributed by atoms with van der Waals surface area (Å²) in [5.41, 5.74) is -0.0416. The number of pyridine rings is 1. The Morgan fingerprint density at radius 1 is 1.27 bits per heavy atom. The fraction of sp³-hybridized carbons (Fsp3) is 0.125. The Bertz CT molecular complexity index is 374. The van der Waals surface area contributed by atoms with Crippen LogP contribution in [0.2, 0.25) is 0 Å². The molecule has 0 spiro atoms. The number of aromatic nitrogens is 1. The van der Waals surface area contributed by atoms with E-state index in [1.54, 1.807) is 12.1 Å². The highest BCUT2D eigenvalue weighted by Crippen LogP contribution is 2.27. The van der Waals surface area contributed by atoms with E-state index in [1.807, 2.05) is 0 Å². The maximum Gasteiger partial charge on any atom is 0.366 e. The molecule has 0 fully saturated rings. The molecule has 1 rings (SSSR count). The third kappa shape index (κ3) is 3.66. The smallest absolute Gasteiger partial charge is 0.366 e. The van der Waals surface area contributed by atoms with Crippen molar-refractivity contribution in [3.63, 3.8) is 0 Å². The van der Waals surface area contributed by atoms with E-state index in [4.69, 9.17) is 34.8 Å². The molecule has 80 valence electrons.